The summed E-state index contributed by atoms with van der Waals surface area (Å²) < 4.78 is 29.5. The first kappa shape index (κ1) is 18.4. The van der Waals surface area contributed by atoms with Crippen molar-refractivity contribution in [2.75, 3.05) is 11.7 Å². The smallest absolute Gasteiger partial charge is 0.263 e. The summed E-state index contributed by atoms with van der Waals surface area (Å²) in [7, 11) is 0. The zero-order valence-corrected chi connectivity index (χ0v) is 16.2. The number of halogens is 1. The van der Waals surface area contributed by atoms with Crippen molar-refractivity contribution >= 4 is 17.5 Å². The zero-order valence-electron chi connectivity index (χ0n) is 16.2. The maximum absolute atomic E-state index is 13.6. The fourth-order valence-corrected chi connectivity index (χ4v) is 3.83. The van der Waals surface area contributed by atoms with Crippen molar-refractivity contribution in [2.24, 2.45) is 10.3 Å². The fourth-order valence-electron chi connectivity index (χ4n) is 3.83. The van der Waals surface area contributed by atoms with Crippen molar-refractivity contribution in [1.29, 1.82) is 0 Å². The Morgan fingerprint density at radius 2 is 1.94 bits per heavy atom. The van der Waals surface area contributed by atoms with Crippen LogP contribution in [0.5, 0.6) is 11.5 Å². The van der Waals surface area contributed by atoms with Crippen LogP contribution >= 0.6 is 0 Å². The molecule has 3 aliphatic heterocycles. The molecule has 0 bridgehead atoms. The lowest BCUT2D eigenvalue weighted by Gasteiger charge is -2.19. The lowest BCUT2D eigenvalue weighted by Crippen LogP contribution is -2.39. The standard InChI is InChI=1S/C20H13FN6O5/c21-11-2-1-3-12(7-11)27-19(28)16-17(20(27)29)26(25-23-16)8-15-22-18(24-32-15)10-4-5-13-14(6-10)31-9-30-13/h1-7,16-17H,8-9H2/t16-,17-/m0/s1. The second-order valence-electron chi connectivity index (χ2n) is 7.26. The fraction of sp³-hybridized carbons (Fsp3) is 0.200. The average molecular weight is 436 g/mol. The summed E-state index contributed by atoms with van der Waals surface area (Å²) >= 11 is 0. The topological polar surface area (TPSA) is 123 Å². The molecule has 32 heavy (non-hydrogen) atoms. The molecule has 2 amide bonds. The van der Waals surface area contributed by atoms with Gasteiger partial charge in [0.1, 0.15) is 12.4 Å². The minimum Gasteiger partial charge on any atom is -0.454 e. The molecule has 4 heterocycles. The van der Waals surface area contributed by atoms with Crippen LogP contribution in [0.25, 0.3) is 11.4 Å². The number of nitrogens with zero attached hydrogens (tertiary/aromatic N) is 6. The van der Waals surface area contributed by atoms with Gasteiger partial charge in [-0.1, -0.05) is 16.4 Å². The Kier molecular flexibility index (Phi) is 3.93. The molecule has 2 atom stereocenters. The summed E-state index contributed by atoms with van der Waals surface area (Å²) in [6.07, 6.45) is 0. The highest BCUT2D eigenvalue weighted by molar-refractivity contribution is 6.25. The van der Waals surface area contributed by atoms with Crippen molar-refractivity contribution in [3.8, 4) is 22.9 Å². The zero-order chi connectivity index (χ0) is 21.8. The van der Waals surface area contributed by atoms with E-state index in [4.69, 9.17) is 14.0 Å². The number of anilines is 1. The molecule has 160 valence electrons. The second-order valence-corrected chi connectivity index (χ2v) is 7.26. The van der Waals surface area contributed by atoms with E-state index in [1.165, 1.54) is 23.2 Å². The maximum Gasteiger partial charge on any atom is 0.263 e. The normalized spacial score (nSPS) is 21.0. The number of imide groups is 1. The summed E-state index contributed by atoms with van der Waals surface area (Å²) in [5, 5.41) is 13.2. The van der Waals surface area contributed by atoms with Gasteiger partial charge in [0.25, 0.3) is 11.8 Å². The molecule has 0 radical (unpaired) electrons. The van der Waals surface area contributed by atoms with Gasteiger partial charge in [0.15, 0.2) is 23.6 Å². The molecule has 6 rings (SSSR count). The number of hydrogen-bond acceptors (Lipinski definition) is 10. The lowest BCUT2D eigenvalue weighted by molar-refractivity contribution is -0.123. The highest BCUT2D eigenvalue weighted by Gasteiger charge is 2.55. The lowest BCUT2D eigenvalue weighted by atomic mass is 10.1. The summed E-state index contributed by atoms with van der Waals surface area (Å²) in [4.78, 5) is 31.0. The van der Waals surface area contributed by atoms with E-state index < -0.39 is 29.7 Å². The minimum absolute atomic E-state index is 0.0295. The Labute approximate surface area is 179 Å². The number of rotatable bonds is 4. The molecule has 11 nitrogen and oxygen atoms in total. The van der Waals surface area contributed by atoms with E-state index in [2.05, 4.69) is 20.5 Å². The van der Waals surface area contributed by atoms with Crippen LogP contribution in [0.4, 0.5) is 10.1 Å². The Morgan fingerprint density at radius 1 is 1.06 bits per heavy atom. The number of fused-ring (bicyclic) bond motifs is 2. The number of carbonyl (C=O) groups is 2. The largest absolute Gasteiger partial charge is 0.454 e. The molecule has 0 saturated carbocycles. The number of benzene rings is 2. The number of amides is 2. The van der Waals surface area contributed by atoms with E-state index >= 15 is 0 Å². The summed E-state index contributed by atoms with van der Waals surface area (Å²) in [5.74, 6) is 0.0452. The van der Waals surface area contributed by atoms with E-state index in [0.717, 1.165) is 11.0 Å². The molecule has 2 aromatic carbocycles. The van der Waals surface area contributed by atoms with Crippen molar-refractivity contribution in [2.45, 2.75) is 18.6 Å². The van der Waals surface area contributed by atoms with Gasteiger partial charge in [0.2, 0.25) is 18.5 Å². The molecule has 1 aromatic heterocycles. The molecule has 1 fully saturated rings. The van der Waals surface area contributed by atoms with Crippen LogP contribution in [0.1, 0.15) is 5.89 Å². The first-order valence-corrected chi connectivity index (χ1v) is 9.62. The Morgan fingerprint density at radius 3 is 2.81 bits per heavy atom. The molecule has 0 N–H and O–H groups in total. The van der Waals surface area contributed by atoms with Crippen LogP contribution in [-0.4, -0.2) is 45.8 Å². The van der Waals surface area contributed by atoms with Crippen LogP contribution in [0.2, 0.25) is 0 Å². The highest BCUT2D eigenvalue weighted by Crippen LogP contribution is 2.36. The van der Waals surface area contributed by atoms with Crippen LogP contribution in [0.15, 0.2) is 57.3 Å². The van der Waals surface area contributed by atoms with Crippen LogP contribution < -0.4 is 14.4 Å². The van der Waals surface area contributed by atoms with Crippen molar-refractivity contribution < 1.29 is 28.0 Å². The average Bonchev–Trinajstić information content (AvgIpc) is 3.55. The van der Waals surface area contributed by atoms with Crippen molar-refractivity contribution in [3.63, 3.8) is 0 Å². The number of ether oxygens (including phenoxy) is 2. The van der Waals surface area contributed by atoms with Gasteiger partial charge in [0, 0.05) is 5.56 Å². The van der Waals surface area contributed by atoms with Gasteiger partial charge in [-0.2, -0.15) is 10.1 Å². The first-order valence-electron chi connectivity index (χ1n) is 9.62. The molecular formula is C20H13FN6O5. The molecule has 0 aliphatic carbocycles. The number of aromatic nitrogens is 2. The number of carbonyl (C=O) groups excluding carboxylic acids is 2. The molecular weight excluding hydrogens is 423 g/mol. The molecule has 1 saturated heterocycles. The van der Waals surface area contributed by atoms with E-state index in [1.807, 2.05) is 0 Å². The third-order valence-corrected chi connectivity index (χ3v) is 5.32. The summed E-state index contributed by atoms with van der Waals surface area (Å²) in [5.41, 5.74) is 0.807. The van der Waals surface area contributed by atoms with Gasteiger partial charge in [-0.3, -0.25) is 14.6 Å². The first-order chi connectivity index (χ1) is 15.6. The van der Waals surface area contributed by atoms with Gasteiger partial charge in [-0.15, -0.1) is 0 Å². The quantitative estimate of drug-likeness (QED) is 0.570. The van der Waals surface area contributed by atoms with Crippen molar-refractivity contribution in [3.05, 3.63) is 54.2 Å². The second kappa shape index (κ2) is 6.83. The Hall–Kier alpha value is -4.35. The predicted molar refractivity (Wildman–Crippen MR) is 103 cm³/mol. The van der Waals surface area contributed by atoms with Gasteiger partial charge >= 0.3 is 0 Å². The SMILES string of the molecule is O=C1[C@H]2N=NN(Cc3nc(-c4ccc5c(c4)OCO5)no3)[C@@H]2C(=O)N1c1cccc(F)c1. The van der Waals surface area contributed by atoms with E-state index in [0.29, 0.717) is 22.9 Å². The molecule has 12 heteroatoms. The van der Waals surface area contributed by atoms with Gasteiger partial charge in [0.05, 0.1) is 5.69 Å². The summed E-state index contributed by atoms with van der Waals surface area (Å²) in [6.45, 7) is 0.121. The van der Waals surface area contributed by atoms with E-state index in [9.17, 15) is 14.0 Å². The van der Waals surface area contributed by atoms with Gasteiger partial charge in [-0.25, -0.2) is 9.29 Å². The van der Waals surface area contributed by atoms with Crippen LogP contribution in [0.3, 0.4) is 0 Å². The van der Waals surface area contributed by atoms with Crippen molar-refractivity contribution in [1.82, 2.24) is 15.1 Å². The molecule has 0 unspecified atom stereocenters. The Bertz CT molecular complexity index is 1290. The van der Waals surface area contributed by atoms with Gasteiger partial charge < -0.3 is 14.0 Å². The molecule has 3 aromatic rings. The molecule has 0 spiro atoms. The number of hydrogen-bond donors (Lipinski definition) is 0. The minimum atomic E-state index is -1.01. The van der Waals surface area contributed by atoms with Gasteiger partial charge in [-0.05, 0) is 36.4 Å². The Balaban J connectivity index is 1.22. The summed E-state index contributed by atoms with van der Waals surface area (Å²) in [6, 6.07) is 8.53. The maximum atomic E-state index is 13.6. The monoisotopic (exact) mass is 436 g/mol. The van der Waals surface area contributed by atoms with E-state index in [-0.39, 0.29) is 24.9 Å². The van der Waals surface area contributed by atoms with Crippen LogP contribution in [0, 0.1) is 5.82 Å². The predicted octanol–water partition coefficient (Wildman–Crippen LogP) is 2.10. The third-order valence-electron chi connectivity index (χ3n) is 5.32. The molecule has 3 aliphatic rings. The van der Waals surface area contributed by atoms with Crippen LogP contribution in [-0.2, 0) is 16.1 Å². The van der Waals surface area contributed by atoms with E-state index in [1.54, 1.807) is 18.2 Å². The highest BCUT2D eigenvalue weighted by atomic mass is 19.1. The third kappa shape index (κ3) is 2.80.